The quantitative estimate of drug-likeness (QED) is 0.498. The van der Waals surface area contributed by atoms with Crippen LogP contribution in [0, 0.1) is 0 Å². The second-order valence-corrected chi connectivity index (χ2v) is 4.93. The van der Waals surface area contributed by atoms with E-state index in [2.05, 4.69) is 0 Å². The van der Waals surface area contributed by atoms with Gasteiger partial charge in [0.05, 0.1) is 13.0 Å². The van der Waals surface area contributed by atoms with Crippen LogP contribution < -0.4 is 5.73 Å². The van der Waals surface area contributed by atoms with Crippen molar-refractivity contribution in [2.45, 2.75) is 44.1 Å². The average Bonchev–Trinajstić information content (AvgIpc) is 2.74. The normalized spacial score (nSPS) is 17.9. The van der Waals surface area contributed by atoms with Gasteiger partial charge in [0, 0.05) is 25.9 Å². The van der Waals surface area contributed by atoms with Crippen LogP contribution in [0.2, 0.25) is 0 Å². The van der Waals surface area contributed by atoms with Crippen LogP contribution in [-0.2, 0) is 19.0 Å². The Morgan fingerprint density at radius 3 is 2.56 bits per heavy atom. The molecule has 0 aromatic heterocycles. The fourth-order valence-electron chi connectivity index (χ4n) is 2.22. The van der Waals surface area contributed by atoms with Crippen molar-refractivity contribution < 1.29 is 19.0 Å². The van der Waals surface area contributed by atoms with Gasteiger partial charge in [0.25, 0.3) is 0 Å². The monoisotopic (exact) mass is 259 g/mol. The average molecular weight is 259 g/mol. The van der Waals surface area contributed by atoms with Crippen molar-refractivity contribution in [2.75, 3.05) is 33.5 Å². The minimum atomic E-state index is -0.323. The van der Waals surface area contributed by atoms with Crippen molar-refractivity contribution in [3.63, 3.8) is 0 Å². The summed E-state index contributed by atoms with van der Waals surface area (Å²) in [5, 5.41) is 0. The minimum absolute atomic E-state index is 0.208. The van der Waals surface area contributed by atoms with Crippen molar-refractivity contribution in [2.24, 2.45) is 5.73 Å². The summed E-state index contributed by atoms with van der Waals surface area (Å²) < 4.78 is 15.3. The second kappa shape index (κ2) is 8.45. The van der Waals surface area contributed by atoms with E-state index in [1.54, 1.807) is 7.11 Å². The summed E-state index contributed by atoms with van der Waals surface area (Å²) in [5.41, 5.74) is 5.78. The molecule has 0 atom stereocenters. The molecular weight excluding hydrogens is 234 g/mol. The van der Waals surface area contributed by atoms with Crippen molar-refractivity contribution in [1.82, 2.24) is 0 Å². The molecule has 1 saturated carbocycles. The predicted octanol–water partition coefficient (Wildman–Crippen LogP) is 1.24. The number of carbonyl (C=O) groups is 1. The fraction of sp³-hybridized carbons (Fsp3) is 0.923. The van der Waals surface area contributed by atoms with Crippen LogP contribution in [-0.4, -0.2) is 45.0 Å². The fourth-order valence-corrected chi connectivity index (χ4v) is 2.22. The Morgan fingerprint density at radius 1 is 1.17 bits per heavy atom. The molecule has 0 heterocycles. The first-order valence-corrected chi connectivity index (χ1v) is 6.67. The maximum Gasteiger partial charge on any atom is 0.307 e. The van der Waals surface area contributed by atoms with Gasteiger partial charge in [-0.05, 0) is 19.3 Å². The molecule has 0 saturated heterocycles. The van der Waals surface area contributed by atoms with Gasteiger partial charge in [-0.2, -0.15) is 0 Å². The number of carbonyl (C=O) groups excluding carboxylic acids is 1. The highest BCUT2D eigenvalue weighted by Gasteiger charge is 2.32. The molecule has 18 heavy (non-hydrogen) atoms. The Morgan fingerprint density at radius 2 is 1.89 bits per heavy atom. The van der Waals surface area contributed by atoms with Gasteiger partial charge >= 0.3 is 5.97 Å². The zero-order chi connectivity index (χ0) is 13.3. The summed E-state index contributed by atoms with van der Waals surface area (Å²) >= 11 is 0. The highest BCUT2D eigenvalue weighted by Crippen LogP contribution is 2.30. The smallest absolute Gasteiger partial charge is 0.307 e. The molecular formula is C13H25NO4. The summed E-state index contributed by atoms with van der Waals surface area (Å²) in [6.07, 6.45) is 5.27. The van der Waals surface area contributed by atoms with Gasteiger partial charge in [0.1, 0.15) is 6.61 Å². The van der Waals surface area contributed by atoms with Crippen LogP contribution >= 0.6 is 0 Å². The van der Waals surface area contributed by atoms with Gasteiger partial charge in [0.2, 0.25) is 0 Å². The first-order valence-electron chi connectivity index (χ1n) is 6.67. The van der Waals surface area contributed by atoms with E-state index in [4.69, 9.17) is 19.9 Å². The van der Waals surface area contributed by atoms with Crippen molar-refractivity contribution in [3.8, 4) is 0 Å². The van der Waals surface area contributed by atoms with E-state index >= 15 is 0 Å². The molecule has 5 heteroatoms. The van der Waals surface area contributed by atoms with Crippen molar-refractivity contribution in [1.29, 1.82) is 0 Å². The Bertz CT molecular complexity index is 239. The predicted molar refractivity (Wildman–Crippen MR) is 68.3 cm³/mol. The summed E-state index contributed by atoms with van der Waals surface area (Å²) in [4.78, 5) is 11.6. The van der Waals surface area contributed by atoms with Gasteiger partial charge in [-0.15, -0.1) is 0 Å². The van der Waals surface area contributed by atoms with Gasteiger partial charge < -0.3 is 19.9 Å². The highest BCUT2D eigenvalue weighted by atomic mass is 16.6. The summed E-state index contributed by atoms with van der Waals surface area (Å²) in [6, 6.07) is 0. The van der Waals surface area contributed by atoms with Gasteiger partial charge in [-0.3, -0.25) is 4.79 Å². The van der Waals surface area contributed by atoms with Crippen LogP contribution in [0.5, 0.6) is 0 Å². The largest absolute Gasteiger partial charge is 0.463 e. The van der Waals surface area contributed by atoms with E-state index in [9.17, 15) is 4.79 Å². The maximum absolute atomic E-state index is 11.6. The SMILES string of the molecule is COCCCOCCOC(=O)CC1(N)CCCC1. The number of hydrogen-bond donors (Lipinski definition) is 1. The second-order valence-electron chi connectivity index (χ2n) is 4.93. The third-order valence-electron chi connectivity index (χ3n) is 3.22. The number of nitrogens with two attached hydrogens (primary N) is 1. The third-order valence-corrected chi connectivity index (χ3v) is 3.22. The molecule has 0 radical (unpaired) electrons. The van der Waals surface area contributed by atoms with Gasteiger partial charge in [-0.1, -0.05) is 12.8 Å². The number of hydrogen-bond acceptors (Lipinski definition) is 5. The lowest BCUT2D eigenvalue weighted by atomic mass is 9.95. The van der Waals surface area contributed by atoms with Crippen LogP contribution in [0.4, 0.5) is 0 Å². The van der Waals surface area contributed by atoms with E-state index in [0.717, 1.165) is 32.1 Å². The van der Waals surface area contributed by atoms with E-state index in [0.29, 0.717) is 32.8 Å². The standard InChI is InChI=1S/C13H25NO4/c1-16-7-4-8-17-9-10-18-12(15)11-13(14)5-2-3-6-13/h2-11,14H2,1H3. The Labute approximate surface area is 109 Å². The molecule has 0 bridgehead atoms. The number of rotatable bonds is 9. The number of methoxy groups -OCH3 is 1. The molecule has 106 valence electrons. The minimum Gasteiger partial charge on any atom is -0.463 e. The molecule has 0 spiro atoms. The molecule has 0 aromatic rings. The third kappa shape index (κ3) is 6.33. The Hall–Kier alpha value is -0.650. The molecule has 1 fully saturated rings. The number of esters is 1. The molecule has 1 aliphatic carbocycles. The zero-order valence-corrected chi connectivity index (χ0v) is 11.3. The molecule has 1 aliphatic rings. The van der Waals surface area contributed by atoms with Crippen LogP contribution in [0.1, 0.15) is 38.5 Å². The Kier molecular flexibility index (Phi) is 7.23. The van der Waals surface area contributed by atoms with E-state index in [-0.39, 0.29) is 11.5 Å². The number of ether oxygens (including phenoxy) is 3. The van der Waals surface area contributed by atoms with E-state index in [1.165, 1.54) is 0 Å². The zero-order valence-electron chi connectivity index (χ0n) is 11.3. The summed E-state index contributed by atoms with van der Waals surface area (Å²) in [5.74, 6) is -0.208. The van der Waals surface area contributed by atoms with E-state index < -0.39 is 0 Å². The van der Waals surface area contributed by atoms with E-state index in [1.807, 2.05) is 0 Å². The lowest BCUT2D eigenvalue weighted by Gasteiger charge is -2.21. The molecule has 0 aromatic carbocycles. The first-order chi connectivity index (χ1) is 8.66. The van der Waals surface area contributed by atoms with Crippen molar-refractivity contribution >= 4 is 5.97 Å². The first kappa shape index (κ1) is 15.4. The van der Waals surface area contributed by atoms with Crippen LogP contribution in [0.25, 0.3) is 0 Å². The Balaban J connectivity index is 1.97. The van der Waals surface area contributed by atoms with Crippen LogP contribution in [0.15, 0.2) is 0 Å². The molecule has 5 nitrogen and oxygen atoms in total. The maximum atomic E-state index is 11.6. The lowest BCUT2D eigenvalue weighted by Crippen LogP contribution is -2.39. The molecule has 0 unspecified atom stereocenters. The van der Waals surface area contributed by atoms with Crippen molar-refractivity contribution in [3.05, 3.63) is 0 Å². The van der Waals surface area contributed by atoms with Crippen LogP contribution in [0.3, 0.4) is 0 Å². The topological polar surface area (TPSA) is 70.8 Å². The molecule has 1 rings (SSSR count). The van der Waals surface area contributed by atoms with Gasteiger partial charge in [0.15, 0.2) is 0 Å². The summed E-state index contributed by atoms with van der Waals surface area (Å²) in [7, 11) is 1.66. The lowest BCUT2D eigenvalue weighted by molar-refractivity contribution is -0.146. The highest BCUT2D eigenvalue weighted by molar-refractivity contribution is 5.70. The molecule has 2 N–H and O–H groups in total. The summed E-state index contributed by atoms with van der Waals surface area (Å²) in [6.45, 7) is 2.07. The molecule has 0 amide bonds. The molecule has 0 aliphatic heterocycles. The van der Waals surface area contributed by atoms with Gasteiger partial charge in [-0.25, -0.2) is 0 Å².